The second-order valence-electron chi connectivity index (χ2n) is 7.24. The van der Waals surface area contributed by atoms with E-state index >= 15 is 0 Å². The molecule has 4 rings (SSSR count). The Morgan fingerprint density at radius 1 is 0.963 bits per heavy atom. The lowest BCUT2D eigenvalue weighted by Gasteiger charge is -2.33. The number of pyridine rings is 2. The van der Waals surface area contributed by atoms with Crippen molar-refractivity contribution < 1.29 is 4.52 Å². The standard InChI is InChI=1S/C20H24N6O/c1-14(2)17-6-4-15(12-21-17)20-23-19(24-27-20)18-7-5-16(13-22-18)26-10-8-25(3)9-11-26/h4-7,12-14H,8-11H2,1-3H3. The minimum absolute atomic E-state index is 0.389. The Kier molecular flexibility index (Phi) is 4.85. The molecule has 0 bridgehead atoms. The Morgan fingerprint density at radius 3 is 2.41 bits per heavy atom. The van der Waals surface area contributed by atoms with Gasteiger partial charge in [-0.15, -0.1) is 0 Å². The van der Waals surface area contributed by atoms with E-state index in [0.29, 0.717) is 23.3 Å². The molecule has 0 aliphatic carbocycles. The summed E-state index contributed by atoms with van der Waals surface area (Å²) in [6.45, 7) is 8.40. The van der Waals surface area contributed by atoms with E-state index in [1.165, 1.54) is 0 Å². The summed E-state index contributed by atoms with van der Waals surface area (Å²) in [5.41, 5.74) is 3.69. The van der Waals surface area contributed by atoms with Crippen LogP contribution in [0.4, 0.5) is 5.69 Å². The summed E-state index contributed by atoms with van der Waals surface area (Å²) in [6.07, 6.45) is 3.66. The summed E-state index contributed by atoms with van der Waals surface area (Å²) < 4.78 is 5.41. The first-order valence-corrected chi connectivity index (χ1v) is 9.30. The molecule has 1 saturated heterocycles. The van der Waals surface area contributed by atoms with E-state index in [1.807, 2.05) is 24.4 Å². The van der Waals surface area contributed by atoms with Crippen molar-refractivity contribution in [2.75, 3.05) is 38.1 Å². The SMILES string of the molecule is CC(C)c1ccc(-c2nc(-c3ccc(N4CCN(C)CC4)cn3)no2)cn1. The van der Waals surface area contributed by atoms with E-state index in [0.717, 1.165) is 43.1 Å². The molecule has 0 amide bonds. The topological polar surface area (TPSA) is 71.2 Å². The zero-order valence-corrected chi connectivity index (χ0v) is 16.0. The Bertz CT molecular complexity index is 880. The van der Waals surface area contributed by atoms with Crippen molar-refractivity contribution in [1.82, 2.24) is 25.0 Å². The second kappa shape index (κ2) is 7.44. The van der Waals surface area contributed by atoms with E-state index in [1.54, 1.807) is 6.20 Å². The van der Waals surface area contributed by atoms with Crippen LogP contribution in [0.1, 0.15) is 25.5 Å². The van der Waals surface area contributed by atoms with Crippen LogP contribution in [0.2, 0.25) is 0 Å². The lowest BCUT2D eigenvalue weighted by Crippen LogP contribution is -2.44. The van der Waals surface area contributed by atoms with Crippen LogP contribution in [0.3, 0.4) is 0 Å². The summed E-state index contributed by atoms with van der Waals surface area (Å²) in [4.78, 5) is 18.1. The molecular formula is C20H24N6O. The number of rotatable bonds is 4. The van der Waals surface area contributed by atoms with Crippen molar-refractivity contribution in [3.05, 3.63) is 42.4 Å². The fraction of sp³-hybridized carbons (Fsp3) is 0.400. The maximum Gasteiger partial charge on any atom is 0.259 e. The highest BCUT2D eigenvalue weighted by Crippen LogP contribution is 2.23. The average molecular weight is 364 g/mol. The van der Waals surface area contributed by atoms with Gasteiger partial charge in [-0.05, 0) is 37.2 Å². The van der Waals surface area contributed by atoms with E-state index in [-0.39, 0.29) is 0 Å². The van der Waals surface area contributed by atoms with Gasteiger partial charge in [-0.1, -0.05) is 19.0 Å². The minimum Gasteiger partial charge on any atom is -0.368 e. The number of hydrogen-bond donors (Lipinski definition) is 0. The van der Waals surface area contributed by atoms with Crippen LogP contribution in [-0.4, -0.2) is 58.2 Å². The highest BCUT2D eigenvalue weighted by Gasteiger charge is 2.16. The van der Waals surface area contributed by atoms with Gasteiger partial charge in [0.25, 0.3) is 5.89 Å². The number of likely N-dealkylation sites (N-methyl/N-ethyl adjacent to an activating group) is 1. The molecule has 7 nitrogen and oxygen atoms in total. The molecule has 0 unspecified atom stereocenters. The van der Waals surface area contributed by atoms with Crippen LogP contribution in [-0.2, 0) is 0 Å². The van der Waals surface area contributed by atoms with Gasteiger partial charge in [0.15, 0.2) is 0 Å². The van der Waals surface area contributed by atoms with Crippen LogP contribution < -0.4 is 4.90 Å². The van der Waals surface area contributed by atoms with E-state index in [2.05, 4.69) is 56.9 Å². The van der Waals surface area contributed by atoms with Gasteiger partial charge in [0, 0.05) is 38.1 Å². The van der Waals surface area contributed by atoms with Gasteiger partial charge in [-0.3, -0.25) is 9.97 Å². The van der Waals surface area contributed by atoms with E-state index < -0.39 is 0 Å². The fourth-order valence-electron chi connectivity index (χ4n) is 3.09. The molecule has 27 heavy (non-hydrogen) atoms. The van der Waals surface area contributed by atoms with Crippen LogP contribution in [0.15, 0.2) is 41.2 Å². The molecule has 0 aromatic carbocycles. The van der Waals surface area contributed by atoms with Gasteiger partial charge in [-0.2, -0.15) is 4.98 Å². The molecule has 1 aliphatic heterocycles. The van der Waals surface area contributed by atoms with E-state index in [4.69, 9.17) is 4.52 Å². The highest BCUT2D eigenvalue weighted by atomic mass is 16.5. The molecule has 0 atom stereocenters. The first-order chi connectivity index (χ1) is 13.1. The molecule has 4 heterocycles. The minimum atomic E-state index is 0.389. The van der Waals surface area contributed by atoms with Crippen LogP contribution >= 0.6 is 0 Å². The Morgan fingerprint density at radius 2 is 1.78 bits per heavy atom. The maximum atomic E-state index is 5.41. The molecule has 0 radical (unpaired) electrons. The van der Waals surface area contributed by atoms with Crippen molar-refractivity contribution in [1.29, 1.82) is 0 Å². The van der Waals surface area contributed by atoms with E-state index in [9.17, 15) is 0 Å². The van der Waals surface area contributed by atoms with Crippen molar-refractivity contribution in [3.63, 3.8) is 0 Å². The third-order valence-electron chi connectivity index (χ3n) is 4.90. The van der Waals surface area contributed by atoms with Gasteiger partial charge in [-0.25, -0.2) is 0 Å². The smallest absolute Gasteiger partial charge is 0.259 e. The van der Waals surface area contributed by atoms with Gasteiger partial charge in [0.1, 0.15) is 5.69 Å². The molecular weight excluding hydrogens is 340 g/mol. The third kappa shape index (κ3) is 3.83. The molecule has 3 aromatic heterocycles. The number of hydrogen-bond acceptors (Lipinski definition) is 7. The highest BCUT2D eigenvalue weighted by molar-refractivity contribution is 5.58. The summed E-state index contributed by atoms with van der Waals surface area (Å²) in [5.74, 6) is 1.33. The normalized spacial score (nSPS) is 15.5. The van der Waals surface area contributed by atoms with Crippen molar-refractivity contribution in [2.24, 2.45) is 0 Å². The number of piperazine rings is 1. The monoisotopic (exact) mass is 364 g/mol. The van der Waals surface area contributed by atoms with Gasteiger partial charge < -0.3 is 14.3 Å². The van der Waals surface area contributed by atoms with Crippen LogP contribution in [0.5, 0.6) is 0 Å². The van der Waals surface area contributed by atoms with Gasteiger partial charge in [0.05, 0.1) is 17.4 Å². The number of anilines is 1. The quantitative estimate of drug-likeness (QED) is 0.704. The summed E-state index contributed by atoms with van der Waals surface area (Å²) >= 11 is 0. The predicted octanol–water partition coefficient (Wildman–Crippen LogP) is 3.07. The van der Waals surface area contributed by atoms with Gasteiger partial charge in [0.2, 0.25) is 5.82 Å². The molecule has 1 aliphatic rings. The molecule has 1 fully saturated rings. The first kappa shape index (κ1) is 17.6. The summed E-state index contributed by atoms with van der Waals surface area (Å²) in [6, 6.07) is 7.97. The maximum absolute atomic E-state index is 5.41. The van der Waals surface area contributed by atoms with Crippen LogP contribution in [0, 0.1) is 0 Å². The Hall–Kier alpha value is -2.80. The fourth-order valence-corrected chi connectivity index (χ4v) is 3.09. The summed E-state index contributed by atoms with van der Waals surface area (Å²) in [5, 5.41) is 4.08. The lowest BCUT2D eigenvalue weighted by atomic mass is 10.1. The van der Waals surface area contributed by atoms with Crippen molar-refractivity contribution >= 4 is 5.69 Å². The number of aromatic nitrogens is 4. The third-order valence-corrected chi connectivity index (χ3v) is 4.90. The second-order valence-corrected chi connectivity index (χ2v) is 7.24. The molecule has 7 heteroatoms. The Labute approximate surface area is 159 Å². The molecule has 140 valence electrons. The average Bonchev–Trinajstić information content (AvgIpc) is 3.19. The zero-order chi connectivity index (χ0) is 18.8. The predicted molar refractivity (Wildman–Crippen MR) is 105 cm³/mol. The first-order valence-electron chi connectivity index (χ1n) is 9.30. The molecule has 0 N–H and O–H groups in total. The molecule has 0 saturated carbocycles. The van der Waals surface area contributed by atoms with Gasteiger partial charge >= 0.3 is 0 Å². The van der Waals surface area contributed by atoms with Crippen molar-refractivity contribution in [3.8, 4) is 23.0 Å². The largest absolute Gasteiger partial charge is 0.368 e. The van der Waals surface area contributed by atoms with Crippen LogP contribution in [0.25, 0.3) is 23.0 Å². The number of nitrogens with zero attached hydrogens (tertiary/aromatic N) is 6. The molecule has 3 aromatic rings. The Balaban J connectivity index is 1.49. The zero-order valence-electron chi connectivity index (χ0n) is 16.0. The summed E-state index contributed by atoms with van der Waals surface area (Å²) in [7, 11) is 2.15. The molecule has 0 spiro atoms. The lowest BCUT2D eigenvalue weighted by molar-refractivity contribution is 0.313. The van der Waals surface area contributed by atoms with Crippen molar-refractivity contribution in [2.45, 2.75) is 19.8 Å².